The van der Waals surface area contributed by atoms with Crippen LogP contribution in [-0.2, 0) is 0 Å². The average Bonchev–Trinajstić information content (AvgIpc) is 2.38. The average molecular weight is 258 g/mol. The zero-order valence-electron chi connectivity index (χ0n) is 10.3. The molecule has 0 aliphatic carbocycles. The Balaban J connectivity index is 2.33. The molecule has 2 rings (SSSR count). The molecule has 92 valence electrons. The van der Waals surface area contributed by atoms with Crippen LogP contribution in [0, 0.1) is 6.92 Å². The highest BCUT2D eigenvalue weighted by atomic mass is 32.2. The molecule has 0 radical (unpaired) electrons. The lowest BCUT2D eigenvalue weighted by molar-refractivity contribution is 0.961. The highest BCUT2D eigenvalue weighted by Gasteiger charge is 1.99. The molecule has 0 aliphatic heterocycles. The van der Waals surface area contributed by atoms with Gasteiger partial charge in [-0.2, -0.15) is 5.10 Å². The summed E-state index contributed by atoms with van der Waals surface area (Å²) in [6, 6.07) is 9.72. The molecule has 0 saturated heterocycles. The molecule has 0 aliphatic rings. The van der Waals surface area contributed by atoms with Crippen molar-refractivity contribution in [3.05, 3.63) is 57.5 Å². The lowest BCUT2D eigenvalue weighted by Gasteiger charge is -2.02. The van der Waals surface area contributed by atoms with E-state index in [4.69, 9.17) is 0 Å². The summed E-state index contributed by atoms with van der Waals surface area (Å²) in [5.41, 5.74) is 2.63. The minimum atomic E-state index is -0.172. The second-order valence-electron chi connectivity index (χ2n) is 3.88. The fraction of sp³-hybridized carbons (Fsp3) is 0.143. The lowest BCUT2D eigenvalue weighted by Crippen LogP contribution is -2.08. The molecule has 0 spiro atoms. The van der Waals surface area contributed by atoms with E-state index in [1.165, 1.54) is 4.90 Å². The molecule has 0 bridgehead atoms. The van der Waals surface area contributed by atoms with Crippen molar-refractivity contribution in [2.75, 3.05) is 6.26 Å². The topological polar surface area (TPSA) is 45.8 Å². The Kier molecular flexibility index (Phi) is 3.99. The van der Waals surface area contributed by atoms with Crippen molar-refractivity contribution in [3.63, 3.8) is 0 Å². The molecule has 1 N–H and O–H groups in total. The summed E-state index contributed by atoms with van der Waals surface area (Å²) in [6.07, 6.45) is 5.98. The number of aromatic amines is 1. The van der Waals surface area contributed by atoms with Crippen LogP contribution in [0.15, 0.2) is 40.0 Å². The molecule has 1 heterocycles. The number of hydrogen-bond donors (Lipinski definition) is 1. The first kappa shape index (κ1) is 12.6. The lowest BCUT2D eigenvalue weighted by atomic mass is 10.1. The summed E-state index contributed by atoms with van der Waals surface area (Å²) < 4.78 is 0. The van der Waals surface area contributed by atoms with E-state index < -0.39 is 0 Å². The van der Waals surface area contributed by atoms with Gasteiger partial charge in [-0.05, 0) is 36.4 Å². The Morgan fingerprint density at radius 2 is 2.06 bits per heavy atom. The first-order chi connectivity index (χ1) is 8.70. The molecular formula is C14H14N2OS. The van der Waals surface area contributed by atoms with Gasteiger partial charge < -0.3 is 0 Å². The van der Waals surface area contributed by atoms with E-state index in [-0.39, 0.29) is 5.56 Å². The number of H-pyrrole nitrogens is 1. The highest BCUT2D eigenvalue weighted by Crippen LogP contribution is 2.21. The molecule has 0 saturated carbocycles. The summed E-state index contributed by atoms with van der Waals surface area (Å²) >= 11 is 1.71. The highest BCUT2D eigenvalue weighted by molar-refractivity contribution is 7.98. The van der Waals surface area contributed by atoms with Gasteiger partial charge in [0.05, 0.1) is 5.69 Å². The Hall–Kier alpha value is -1.81. The summed E-state index contributed by atoms with van der Waals surface area (Å²) in [4.78, 5) is 12.3. The van der Waals surface area contributed by atoms with Crippen LogP contribution >= 0.6 is 11.8 Å². The number of rotatable bonds is 3. The Morgan fingerprint density at radius 1 is 1.28 bits per heavy atom. The van der Waals surface area contributed by atoms with Crippen molar-refractivity contribution in [2.45, 2.75) is 11.8 Å². The normalized spacial score (nSPS) is 11.0. The number of nitrogens with one attached hydrogen (secondary N) is 1. The van der Waals surface area contributed by atoms with Crippen molar-refractivity contribution in [1.82, 2.24) is 10.2 Å². The van der Waals surface area contributed by atoms with Gasteiger partial charge in [0.25, 0.3) is 5.56 Å². The standard InChI is InChI=1S/C14H14N2OS/c1-10-9-14(17)16-15-12(10)8-7-11-5-3-4-6-13(11)18-2/h3-9H,1-2H3,(H,16,17)/b8-7+. The van der Waals surface area contributed by atoms with Crippen molar-refractivity contribution in [3.8, 4) is 0 Å². The van der Waals surface area contributed by atoms with Crippen molar-refractivity contribution in [2.24, 2.45) is 0 Å². The zero-order chi connectivity index (χ0) is 13.0. The van der Waals surface area contributed by atoms with Gasteiger partial charge in [-0.3, -0.25) is 4.79 Å². The monoisotopic (exact) mass is 258 g/mol. The SMILES string of the molecule is CSc1ccccc1/C=C/c1n[nH]c(=O)cc1C. The van der Waals surface area contributed by atoms with Crippen LogP contribution < -0.4 is 5.56 Å². The Labute approximate surface area is 110 Å². The largest absolute Gasteiger partial charge is 0.268 e. The van der Waals surface area contributed by atoms with Gasteiger partial charge in [-0.15, -0.1) is 11.8 Å². The molecule has 0 fully saturated rings. The Morgan fingerprint density at radius 3 is 2.78 bits per heavy atom. The van der Waals surface area contributed by atoms with E-state index in [1.54, 1.807) is 17.8 Å². The number of hydrogen-bond acceptors (Lipinski definition) is 3. The molecule has 4 heteroatoms. The first-order valence-electron chi connectivity index (χ1n) is 5.58. The summed E-state index contributed by atoms with van der Waals surface area (Å²) in [6.45, 7) is 1.88. The van der Waals surface area contributed by atoms with Crippen LogP contribution in [0.4, 0.5) is 0 Å². The number of aromatic nitrogens is 2. The molecule has 3 nitrogen and oxygen atoms in total. The molecule has 18 heavy (non-hydrogen) atoms. The number of nitrogens with zero attached hydrogens (tertiary/aromatic N) is 1. The van der Waals surface area contributed by atoms with E-state index in [0.29, 0.717) is 0 Å². The van der Waals surface area contributed by atoms with Crippen LogP contribution in [-0.4, -0.2) is 16.5 Å². The minimum Gasteiger partial charge on any atom is -0.268 e. The predicted octanol–water partition coefficient (Wildman–Crippen LogP) is 2.97. The third-order valence-corrected chi connectivity index (χ3v) is 3.41. The van der Waals surface area contributed by atoms with Gasteiger partial charge in [0.2, 0.25) is 0 Å². The molecular weight excluding hydrogens is 244 g/mol. The van der Waals surface area contributed by atoms with Gasteiger partial charge in [0, 0.05) is 11.0 Å². The molecule has 0 atom stereocenters. The van der Waals surface area contributed by atoms with Crippen molar-refractivity contribution >= 4 is 23.9 Å². The maximum absolute atomic E-state index is 11.1. The number of aryl methyl sites for hydroxylation is 1. The summed E-state index contributed by atoms with van der Waals surface area (Å²) in [7, 11) is 0. The van der Waals surface area contributed by atoms with E-state index in [9.17, 15) is 4.79 Å². The fourth-order valence-corrected chi connectivity index (χ4v) is 2.23. The van der Waals surface area contributed by atoms with Crippen LogP contribution in [0.2, 0.25) is 0 Å². The minimum absolute atomic E-state index is 0.172. The molecule has 0 amide bonds. The predicted molar refractivity (Wildman–Crippen MR) is 76.7 cm³/mol. The molecule has 0 unspecified atom stereocenters. The van der Waals surface area contributed by atoms with Gasteiger partial charge in [-0.1, -0.05) is 24.3 Å². The quantitative estimate of drug-likeness (QED) is 0.861. The molecule has 1 aromatic heterocycles. The number of thioether (sulfide) groups is 1. The van der Waals surface area contributed by atoms with E-state index in [2.05, 4.69) is 28.6 Å². The maximum Gasteiger partial charge on any atom is 0.264 e. The smallest absolute Gasteiger partial charge is 0.264 e. The maximum atomic E-state index is 11.1. The van der Waals surface area contributed by atoms with Gasteiger partial charge in [0.15, 0.2) is 0 Å². The van der Waals surface area contributed by atoms with E-state index >= 15 is 0 Å². The Bertz CT molecular complexity index is 632. The number of benzene rings is 1. The van der Waals surface area contributed by atoms with Gasteiger partial charge in [-0.25, -0.2) is 5.10 Å². The summed E-state index contributed by atoms with van der Waals surface area (Å²) in [5, 5.41) is 6.46. The molecule has 1 aromatic carbocycles. The van der Waals surface area contributed by atoms with Gasteiger partial charge >= 0.3 is 0 Å². The van der Waals surface area contributed by atoms with Crippen molar-refractivity contribution in [1.29, 1.82) is 0 Å². The van der Waals surface area contributed by atoms with E-state index in [1.807, 2.05) is 31.2 Å². The van der Waals surface area contributed by atoms with Crippen molar-refractivity contribution < 1.29 is 0 Å². The molecule has 2 aromatic rings. The van der Waals surface area contributed by atoms with Gasteiger partial charge in [0.1, 0.15) is 0 Å². The second kappa shape index (κ2) is 5.69. The summed E-state index contributed by atoms with van der Waals surface area (Å²) in [5.74, 6) is 0. The third kappa shape index (κ3) is 2.90. The van der Waals surface area contributed by atoms with Crippen LogP contribution in [0.1, 0.15) is 16.8 Å². The first-order valence-corrected chi connectivity index (χ1v) is 6.80. The zero-order valence-corrected chi connectivity index (χ0v) is 11.1. The van der Waals surface area contributed by atoms with Crippen LogP contribution in [0.3, 0.4) is 0 Å². The van der Waals surface area contributed by atoms with Crippen LogP contribution in [0.25, 0.3) is 12.2 Å². The third-order valence-electron chi connectivity index (χ3n) is 2.60. The second-order valence-corrected chi connectivity index (χ2v) is 4.72. The van der Waals surface area contributed by atoms with Crippen LogP contribution in [0.5, 0.6) is 0 Å². The fourth-order valence-electron chi connectivity index (χ4n) is 1.65. The van der Waals surface area contributed by atoms with E-state index in [0.717, 1.165) is 16.8 Å².